The second-order valence-corrected chi connectivity index (χ2v) is 3.78. The lowest BCUT2D eigenvalue weighted by Crippen LogP contribution is -2.29. The van der Waals surface area contributed by atoms with Crippen LogP contribution in [0.2, 0.25) is 0 Å². The van der Waals surface area contributed by atoms with E-state index in [0.717, 1.165) is 5.69 Å². The van der Waals surface area contributed by atoms with E-state index in [2.05, 4.69) is 10.2 Å². The van der Waals surface area contributed by atoms with Gasteiger partial charge in [0.25, 0.3) is 5.91 Å². The summed E-state index contributed by atoms with van der Waals surface area (Å²) >= 11 is 0. The van der Waals surface area contributed by atoms with E-state index in [1.165, 1.54) is 4.90 Å². The minimum absolute atomic E-state index is 0.0528. The van der Waals surface area contributed by atoms with Gasteiger partial charge in [-0.25, -0.2) is 0 Å². The molecule has 6 nitrogen and oxygen atoms in total. The molecule has 1 N–H and O–H groups in total. The Hall–Kier alpha value is -1.98. The molecule has 0 saturated carbocycles. The number of amides is 1. The van der Waals surface area contributed by atoms with Crippen LogP contribution in [0.25, 0.3) is 0 Å². The minimum Gasteiger partial charge on any atom is -0.481 e. The molecule has 0 unspecified atom stereocenters. The first-order chi connectivity index (χ1) is 8.00. The van der Waals surface area contributed by atoms with Gasteiger partial charge in [0.1, 0.15) is 0 Å². The van der Waals surface area contributed by atoms with Gasteiger partial charge < -0.3 is 10.0 Å². The molecule has 92 valence electrons. The number of rotatable bonds is 5. The summed E-state index contributed by atoms with van der Waals surface area (Å²) in [5.41, 5.74) is 1.02. The van der Waals surface area contributed by atoms with Gasteiger partial charge in [0, 0.05) is 20.0 Å². The van der Waals surface area contributed by atoms with Crippen LogP contribution in [-0.2, 0) is 4.79 Å². The van der Waals surface area contributed by atoms with Crippen molar-refractivity contribution in [3.8, 4) is 0 Å². The van der Waals surface area contributed by atoms with Crippen LogP contribution in [0.1, 0.15) is 29.0 Å². The maximum Gasteiger partial charge on any atom is 0.303 e. The minimum atomic E-state index is -0.860. The first kappa shape index (κ1) is 13.1. The maximum absolute atomic E-state index is 11.8. The molecule has 1 amide bonds. The van der Waals surface area contributed by atoms with Gasteiger partial charge in [-0.1, -0.05) is 0 Å². The molecule has 0 aromatic carbocycles. The predicted molar refractivity (Wildman–Crippen MR) is 60.6 cm³/mol. The van der Waals surface area contributed by atoms with Crippen LogP contribution >= 0.6 is 0 Å². The zero-order valence-corrected chi connectivity index (χ0v) is 9.88. The third kappa shape index (κ3) is 4.18. The summed E-state index contributed by atoms with van der Waals surface area (Å²) < 4.78 is 0. The average molecular weight is 237 g/mol. The van der Waals surface area contributed by atoms with Crippen molar-refractivity contribution >= 4 is 11.9 Å². The zero-order chi connectivity index (χ0) is 12.8. The third-order valence-electron chi connectivity index (χ3n) is 2.25. The summed E-state index contributed by atoms with van der Waals surface area (Å²) in [6.07, 6.45) is 0.480. The number of aliphatic carboxylic acids is 1. The first-order valence-electron chi connectivity index (χ1n) is 5.28. The highest BCUT2D eigenvalue weighted by Gasteiger charge is 2.13. The SMILES string of the molecule is Cc1ccc(C(=O)N(C)CCCC(=O)O)nn1. The third-order valence-corrected chi connectivity index (χ3v) is 2.25. The molecule has 0 fully saturated rings. The summed E-state index contributed by atoms with van der Waals surface area (Å²) in [6, 6.07) is 3.32. The Labute approximate surface area is 99.3 Å². The average Bonchev–Trinajstić information content (AvgIpc) is 2.28. The van der Waals surface area contributed by atoms with Gasteiger partial charge in [0.05, 0.1) is 5.69 Å². The van der Waals surface area contributed by atoms with Crippen molar-refractivity contribution in [2.75, 3.05) is 13.6 Å². The number of carboxylic acid groups (broad SMARTS) is 1. The van der Waals surface area contributed by atoms with Gasteiger partial charge in [-0.05, 0) is 25.5 Å². The van der Waals surface area contributed by atoms with Crippen molar-refractivity contribution in [2.45, 2.75) is 19.8 Å². The molecule has 0 radical (unpaired) electrons. The van der Waals surface area contributed by atoms with E-state index in [0.29, 0.717) is 13.0 Å². The first-order valence-corrected chi connectivity index (χ1v) is 5.28. The number of hydrogen-bond acceptors (Lipinski definition) is 4. The van der Waals surface area contributed by atoms with Crippen LogP contribution in [-0.4, -0.2) is 45.7 Å². The fraction of sp³-hybridized carbons (Fsp3) is 0.455. The molecule has 0 bridgehead atoms. The maximum atomic E-state index is 11.8. The molecule has 0 aliphatic rings. The molecule has 1 aromatic rings. The van der Waals surface area contributed by atoms with Crippen molar-refractivity contribution in [1.82, 2.24) is 15.1 Å². The zero-order valence-electron chi connectivity index (χ0n) is 9.88. The van der Waals surface area contributed by atoms with E-state index in [4.69, 9.17) is 5.11 Å². The van der Waals surface area contributed by atoms with Crippen LogP contribution in [0.5, 0.6) is 0 Å². The Morgan fingerprint density at radius 1 is 1.35 bits per heavy atom. The topological polar surface area (TPSA) is 83.4 Å². The van der Waals surface area contributed by atoms with E-state index in [1.807, 2.05) is 0 Å². The predicted octanol–water partition coefficient (Wildman–Crippen LogP) is 0.722. The fourth-order valence-corrected chi connectivity index (χ4v) is 1.28. The Morgan fingerprint density at radius 2 is 2.06 bits per heavy atom. The molecule has 0 spiro atoms. The fourth-order valence-electron chi connectivity index (χ4n) is 1.28. The van der Waals surface area contributed by atoms with E-state index in [-0.39, 0.29) is 18.0 Å². The lowest BCUT2D eigenvalue weighted by Gasteiger charge is -2.15. The van der Waals surface area contributed by atoms with Crippen molar-refractivity contribution in [2.24, 2.45) is 0 Å². The van der Waals surface area contributed by atoms with E-state index < -0.39 is 5.97 Å². The largest absolute Gasteiger partial charge is 0.481 e. The lowest BCUT2D eigenvalue weighted by molar-refractivity contribution is -0.137. The second-order valence-electron chi connectivity index (χ2n) is 3.78. The van der Waals surface area contributed by atoms with Gasteiger partial charge in [0.15, 0.2) is 5.69 Å². The summed E-state index contributed by atoms with van der Waals surface area (Å²) in [7, 11) is 1.62. The van der Waals surface area contributed by atoms with Gasteiger partial charge >= 0.3 is 5.97 Å². The molecule has 1 rings (SSSR count). The van der Waals surface area contributed by atoms with Gasteiger partial charge in [-0.3, -0.25) is 9.59 Å². The smallest absolute Gasteiger partial charge is 0.303 e. The van der Waals surface area contributed by atoms with E-state index >= 15 is 0 Å². The number of carboxylic acids is 1. The van der Waals surface area contributed by atoms with Crippen molar-refractivity contribution in [1.29, 1.82) is 0 Å². The summed E-state index contributed by atoms with van der Waals surface area (Å²) in [4.78, 5) is 23.6. The van der Waals surface area contributed by atoms with Crippen molar-refractivity contribution in [3.63, 3.8) is 0 Å². The Morgan fingerprint density at radius 3 is 2.59 bits per heavy atom. The molecule has 1 heterocycles. The number of hydrogen-bond donors (Lipinski definition) is 1. The standard InChI is InChI=1S/C11H15N3O3/c1-8-5-6-9(13-12-8)11(17)14(2)7-3-4-10(15)16/h5-6H,3-4,7H2,1-2H3,(H,15,16). The molecular weight excluding hydrogens is 222 g/mol. The molecule has 6 heteroatoms. The number of aryl methyl sites for hydroxylation is 1. The van der Waals surface area contributed by atoms with Crippen LogP contribution in [0.3, 0.4) is 0 Å². The van der Waals surface area contributed by atoms with Crippen LogP contribution < -0.4 is 0 Å². The molecule has 1 aromatic heterocycles. The van der Waals surface area contributed by atoms with Crippen molar-refractivity contribution in [3.05, 3.63) is 23.5 Å². The highest BCUT2D eigenvalue weighted by Crippen LogP contribution is 2.01. The molecule has 0 saturated heterocycles. The molecule has 0 atom stereocenters. The van der Waals surface area contributed by atoms with E-state index in [9.17, 15) is 9.59 Å². The van der Waals surface area contributed by atoms with E-state index in [1.54, 1.807) is 26.1 Å². The summed E-state index contributed by atoms with van der Waals surface area (Å²) in [5, 5.41) is 16.1. The molecular formula is C11H15N3O3. The molecule has 0 aliphatic carbocycles. The number of carbonyl (C=O) groups is 2. The number of nitrogens with zero attached hydrogens (tertiary/aromatic N) is 3. The van der Waals surface area contributed by atoms with Crippen LogP contribution in [0.4, 0.5) is 0 Å². The van der Waals surface area contributed by atoms with Gasteiger partial charge in [-0.15, -0.1) is 5.10 Å². The van der Waals surface area contributed by atoms with Gasteiger partial charge in [0.2, 0.25) is 0 Å². The monoisotopic (exact) mass is 237 g/mol. The van der Waals surface area contributed by atoms with Gasteiger partial charge in [-0.2, -0.15) is 5.10 Å². The normalized spacial score (nSPS) is 10.0. The quantitative estimate of drug-likeness (QED) is 0.815. The van der Waals surface area contributed by atoms with Crippen molar-refractivity contribution < 1.29 is 14.7 Å². The second kappa shape index (κ2) is 5.93. The Kier molecular flexibility index (Phi) is 4.56. The molecule has 0 aliphatic heterocycles. The van der Waals surface area contributed by atoms with Crippen LogP contribution in [0, 0.1) is 6.92 Å². The molecule has 17 heavy (non-hydrogen) atoms. The summed E-state index contributed by atoms with van der Waals surface area (Å²) in [5.74, 6) is -1.11. The Balaban J connectivity index is 2.51. The summed E-state index contributed by atoms with van der Waals surface area (Å²) in [6.45, 7) is 2.18. The highest BCUT2D eigenvalue weighted by molar-refractivity contribution is 5.91. The lowest BCUT2D eigenvalue weighted by atomic mass is 10.2. The Bertz CT molecular complexity index is 403. The number of aromatic nitrogens is 2. The highest BCUT2D eigenvalue weighted by atomic mass is 16.4. The van der Waals surface area contributed by atoms with Crippen LogP contribution in [0.15, 0.2) is 12.1 Å². The number of carbonyl (C=O) groups excluding carboxylic acids is 1.